The molecule has 0 fully saturated rings. The van der Waals surface area contributed by atoms with Crippen LogP contribution in [-0.2, 0) is 0 Å². The molecule has 0 saturated heterocycles. The SMILES string of the molecule is Cc1cc(C(=O)NC(C)c2cccs2)sc1C#CCCO. The van der Waals surface area contributed by atoms with Crippen molar-refractivity contribution in [3.8, 4) is 11.8 Å². The third kappa shape index (κ3) is 4.18. The monoisotopic (exact) mass is 319 g/mol. The van der Waals surface area contributed by atoms with Crippen LogP contribution in [0.5, 0.6) is 0 Å². The number of amides is 1. The van der Waals surface area contributed by atoms with Gasteiger partial charge in [-0.05, 0) is 36.9 Å². The Balaban J connectivity index is 2.06. The van der Waals surface area contributed by atoms with Crippen LogP contribution in [0.15, 0.2) is 23.6 Å². The fraction of sp³-hybridized carbons (Fsp3) is 0.312. The molecule has 2 N–H and O–H groups in total. The van der Waals surface area contributed by atoms with E-state index in [4.69, 9.17) is 5.11 Å². The second-order valence-corrected chi connectivity index (χ2v) is 6.64. The fourth-order valence-corrected chi connectivity index (χ4v) is 3.48. The van der Waals surface area contributed by atoms with Crippen LogP contribution in [0.2, 0.25) is 0 Å². The number of carbonyl (C=O) groups is 1. The number of aliphatic hydroxyl groups is 1. The molecule has 110 valence electrons. The smallest absolute Gasteiger partial charge is 0.261 e. The average molecular weight is 319 g/mol. The van der Waals surface area contributed by atoms with Gasteiger partial charge in [-0.2, -0.15) is 0 Å². The number of hydrogen-bond donors (Lipinski definition) is 2. The van der Waals surface area contributed by atoms with E-state index < -0.39 is 0 Å². The van der Waals surface area contributed by atoms with Crippen LogP contribution in [-0.4, -0.2) is 17.6 Å². The molecular formula is C16H17NO2S2. The van der Waals surface area contributed by atoms with E-state index in [0.717, 1.165) is 15.3 Å². The Bertz CT molecular complexity index is 662. The first-order valence-corrected chi connectivity index (χ1v) is 8.36. The zero-order valence-corrected chi connectivity index (χ0v) is 13.6. The second-order valence-electron chi connectivity index (χ2n) is 4.61. The molecule has 0 radical (unpaired) electrons. The van der Waals surface area contributed by atoms with E-state index in [1.54, 1.807) is 11.3 Å². The number of thiophene rings is 2. The lowest BCUT2D eigenvalue weighted by atomic mass is 10.2. The summed E-state index contributed by atoms with van der Waals surface area (Å²) in [5.41, 5.74) is 0.999. The van der Waals surface area contributed by atoms with E-state index >= 15 is 0 Å². The Morgan fingerprint density at radius 3 is 3.00 bits per heavy atom. The first-order valence-electron chi connectivity index (χ1n) is 6.66. The van der Waals surface area contributed by atoms with Crippen molar-refractivity contribution in [2.75, 3.05) is 6.61 Å². The van der Waals surface area contributed by atoms with Crippen LogP contribution in [0, 0.1) is 18.8 Å². The third-order valence-corrected chi connectivity index (χ3v) is 5.10. The minimum atomic E-state index is -0.0702. The topological polar surface area (TPSA) is 49.3 Å². The lowest BCUT2D eigenvalue weighted by molar-refractivity contribution is 0.0944. The van der Waals surface area contributed by atoms with Crippen molar-refractivity contribution < 1.29 is 9.90 Å². The van der Waals surface area contributed by atoms with Gasteiger partial charge in [0.1, 0.15) is 0 Å². The molecule has 1 unspecified atom stereocenters. The summed E-state index contributed by atoms with van der Waals surface area (Å²) in [6.45, 7) is 3.98. The van der Waals surface area contributed by atoms with Gasteiger partial charge >= 0.3 is 0 Å². The molecule has 3 nitrogen and oxygen atoms in total. The summed E-state index contributed by atoms with van der Waals surface area (Å²) >= 11 is 3.03. The van der Waals surface area contributed by atoms with Crippen LogP contribution < -0.4 is 5.32 Å². The van der Waals surface area contributed by atoms with Crippen molar-refractivity contribution in [2.45, 2.75) is 26.3 Å². The molecular weight excluding hydrogens is 302 g/mol. The largest absolute Gasteiger partial charge is 0.395 e. The van der Waals surface area contributed by atoms with Crippen molar-refractivity contribution in [1.82, 2.24) is 5.32 Å². The number of nitrogens with one attached hydrogen (secondary N) is 1. The first kappa shape index (κ1) is 15.8. The highest BCUT2D eigenvalue weighted by Crippen LogP contribution is 2.23. The summed E-state index contributed by atoms with van der Waals surface area (Å²) < 4.78 is 0. The van der Waals surface area contributed by atoms with Crippen molar-refractivity contribution in [3.05, 3.63) is 43.8 Å². The Kier molecular flexibility index (Phi) is 5.57. The minimum Gasteiger partial charge on any atom is -0.395 e. The van der Waals surface area contributed by atoms with Gasteiger partial charge in [-0.25, -0.2) is 0 Å². The fourth-order valence-electron chi connectivity index (χ4n) is 1.79. The van der Waals surface area contributed by atoms with Crippen molar-refractivity contribution in [3.63, 3.8) is 0 Å². The average Bonchev–Trinajstić information content (AvgIpc) is 3.09. The van der Waals surface area contributed by atoms with Gasteiger partial charge < -0.3 is 10.4 Å². The molecule has 2 aromatic rings. The number of rotatable bonds is 4. The highest BCUT2D eigenvalue weighted by molar-refractivity contribution is 7.14. The molecule has 2 heterocycles. The molecule has 0 aliphatic rings. The molecule has 0 aromatic carbocycles. The summed E-state index contributed by atoms with van der Waals surface area (Å²) in [5, 5.41) is 13.7. The van der Waals surface area contributed by atoms with Crippen LogP contribution in [0.3, 0.4) is 0 Å². The zero-order valence-electron chi connectivity index (χ0n) is 12.0. The van der Waals surface area contributed by atoms with E-state index in [0.29, 0.717) is 11.3 Å². The van der Waals surface area contributed by atoms with E-state index in [2.05, 4.69) is 17.2 Å². The van der Waals surface area contributed by atoms with E-state index in [1.807, 2.05) is 37.4 Å². The van der Waals surface area contributed by atoms with E-state index in [9.17, 15) is 4.79 Å². The van der Waals surface area contributed by atoms with Crippen molar-refractivity contribution in [1.29, 1.82) is 0 Å². The second kappa shape index (κ2) is 7.41. The van der Waals surface area contributed by atoms with E-state index in [1.165, 1.54) is 11.3 Å². The molecule has 1 atom stereocenters. The van der Waals surface area contributed by atoms with Crippen LogP contribution in [0.1, 0.15) is 44.4 Å². The van der Waals surface area contributed by atoms with Gasteiger partial charge in [0.2, 0.25) is 0 Å². The molecule has 2 rings (SSSR count). The molecule has 0 bridgehead atoms. The van der Waals surface area contributed by atoms with Gasteiger partial charge in [0.15, 0.2) is 0 Å². The summed E-state index contributed by atoms with van der Waals surface area (Å²) in [5.74, 6) is 5.82. The summed E-state index contributed by atoms with van der Waals surface area (Å²) in [6.07, 6.45) is 0.453. The highest BCUT2D eigenvalue weighted by atomic mass is 32.1. The Labute approximate surface area is 132 Å². The first-order chi connectivity index (χ1) is 10.1. The van der Waals surface area contributed by atoms with Gasteiger partial charge in [-0.1, -0.05) is 17.9 Å². The quantitative estimate of drug-likeness (QED) is 0.849. The van der Waals surface area contributed by atoms with Crippen molar-refractivity contribution in [2.24, 2.45) is 0 Å². The number of aryl methyl sites for hydroxylation is 1. The molecule has 1 amide bonds. The summed E-state index contributed by atoms with van der Waals surface area (Å²) in [6, 6.07) is 5.86. The number of carbonyl (C=O) groups excluding carboxylic acids is 1. The predicted molar refractivity (Wildman–Crippen MR) is 87.8 cm³/mol. The van der Waals surface area contributed by atoms with Gasteiger partial charge in [-0.15, -0.1) is 22.7 Å². The number of aliphatic hydroxyl groups excluding tert-OH is 1. The zero-order chi connectivity index (χ0) is 15.2. The lowest BCUT2D eigenvalue weighted by Crippen LogP contribution is -2.25. The normalized spacial score (nSPS) is 11.6. The van der Waals surface area contributed by atoms with Gasteiger partial charge in [-0.3, -0.25) is 4.79 Å². The molecule has 2 aromatic heterocycles. The minimum absolute atomic E-state index is 0.00355. The maximum absolute atomic E-state index is 12.3. The molecule has 0 spiro atoms. The Hall–Kier alpha value is -1.61. The summed E-state index contributed by atoms with van der Waals surface area (Å²) in [4.78, 5) is 15.0. The molecule has 21 heavy (non-hydrogen) atoms. The third-order valence-electron chi connectivity index (χ3n) is 2.90. The predicted octanol–water partition coefficient (Wildman–Crippen LogP) is 3.34. The maximum Gasteiger partial charge on any atom is 0.261 e. The Morgan fingerprint density at radius 2 is 2.33 bits per heavy atom. The van der Waals surface area contributed by atoms with Crippen LogP contribution in [0.25, 0.3) is 0 Å². The number of hydrogen-bond acceptors (Lipinski definition) is 4. The van der Waals surface area contributed by atoms with Gasteiger partial charge in [0, 0.05) is 11.3 Å². The van der Waals surface area contributed by atoms with E-state index in [-0.39, 0.29) is 18.6 Å². The summed E-state index contributed by atoms with van der Waals surface area (Å²) in [7, 11) is 0. The van der Waals surface area contributed by atoms with Crippen LogP contribution >= 0.6 is 22.7 Å². The molecule has 5 heteroatoms. The van der Waals surface area contributed by atoms with Crippen LogP contribution in [0.4, 0.5) is 0 Å². The standard InChI is InChI=1S/C16H17NO2S2/c1-11-10-15(21-13(11)6-3-4-8-18)16(19)17-12(2)14-7-5-9-20-14/h5,7,9-10,12,18H,4,8H2,1-2H3,(H,17,19). The molecule has 0 saturated carbocycles. The molecule has 0 aliphatic carbocycles. The maximum atomic E-state index is 12.3. The Morgan fingerprint density at radius 1 is 1.52 bits per heavy atom. The van der Waals surface area contributed by atoms with Gasteiger partial charge in [0.25, 0.3) is 5.91 Å². The lowest BCUT2D eigenvalue weighted by Gasteiger charge is -2.10. The van der Waals surface area contributed by atoms with Gasteiger partial charge in [0.05, 0.1) is 22.4 Å². The molecule has 0 aliphatic heterocycles. The van der Waals surface area contributed by atoms with Crippen molar-refractivity contribution >= 4 is 28.6 Å². The highest BCUT2D eigenvalue weighted by Gasteiger charge is 2.15.